The predicted octanol–water partition coefficient (Wildman–Crippen LogP) is 4.88. The quantitative estimate of drug-likeness (QED) is 0.607. The molecule has 86 valence electrons. The first kappa shape index (κ1) is 15.9. The molecule has 0 fully saturated rings. The zero-order chi connectivity index (χ0) is 10.9. The minimum absolute atomic E-state index is 0. The van der Waals surface area contributed by atoms with E-state index >= 15 is 0 Å². The highest BCUT2D eigenvalue weighted by Crippen LogP contribution is 2.43. The predicted molar refractivity (Wildman–Crippen MR) is 71.5 cm³/mol. The monoisotopic (exact) mass is 327 g/mol. The molecule has 1 aromatic rings. The van der Waals surface area contributed by atoms with Crippen LogP contribution >= 0.6 is 70.4 Å². The first-order chi connectivity index (χ1) is 6.50. The van der Waals surface area contributed by atoms with Gasteiger partial charge in [0.1, 0.15) is 0 Å². The lowest BCUT2D eigenvalue weighted by atomic mass is 10.1. The molecular weight excluding hydrogens is 323 g/mol. The summed E-state index contributed by atoms with van der Waals surface area (Å²) in [6, 6.07) is 0. The minimum atomic E-state index is 0. The second-order valence-corrected chi connectivity index (χ2v) is 4.48. The van der Waals surface area contributed by atoms with E-state index < -0.39 is 0 Å². The Kier molecular flexibility index (Phi) is 7.01. The van der Waals surface area contributed by atoms with Gasteiger partial charge in [-0.2, -0.15) is 0 Å². The maximum absolute atomic E-state index is 5.94. The third-order valence-corrected chi connectivity index (χ3v) is 4.05. The second kappa shape index (κ2) is 6.61. The molecule has 0 bridgehead atoms. The van der Waals surface area contributed by atoms with Crippen LogP contribution in [0.3, 0.4) is 0 Å². The van der Waals surface area contributed by atoms with Crippen LogP contribution in [0.15, 0.2) is 0 Å². The number of hydrogen-bond donors (Lipinski definition) is 1. The molecule has 7 heteroatoms. The SMILES string of the molecule is Cl.NCCc1c(Cl)c(Cl)c(Cl)c(Cl)c1Cl. The van der Waals surface area contributed by atoms with Gasteiger partial charge in [-0.3, -0.25) is 0 Å². The first-order valence-corrected chi connectivity index (χ1v) is 5.60. The summed E-state index contributed by atoms with van der Waals surface area (Å²) in [6.45, 7) is 0.410. The van der Waals surface area contributed by atoms with E-state index in [0.29, 0.717) is 28.6 Å². The van der Waals surface area contributed by atoms with E-state index in [4.69, 9.17) is 63.7 Å². The van der Waals surface area contributed by atoms with Crippen LogP contribution in [-0.4, -0.2) is 6.54 Å². The van der Waals surface area contributed by atoms with Crippen molar-refractivity contribution in [2.24, 2.45) is 5.73 Å². The van der Waals surface area contributed by atoms with Crippen LogP contribution < -0.4 is 5.73 Å². The molecule has 0 amide bonds. The van der Waals surface area contributed by atoms with E-state index in [-0.39, 0.29) is 27.5 Å². The highest BCUT2D eigenvalue weighted by molar-refractivity contribution is 6.55. The fraction of sp³-hybridized carbons (Fsp3) is 0.250. The van der Waals surface area contributed by atoms with Crippen molar-refractivity contribution in [3.8, 4) is 0 Å². The molecule has 0 saturated heterocycles. The summed E-state index contributed by atoms with van der Waals surface area (Å²) in [5.74, 6) is 0. The van der Waals surface area contributed by atoms with Crippen molar-refractivity contribution in [3.63, 3.8) is 0 Å². The molecule has 2 N–H and O–H groups in total. The highest BCUT2D eigenvalue weighted by Gasteiger charge is 2.18. The van der Waals surface area contributed by atoms with Gasteiger partial charge in [-0.05, 0) is 18.5 Å². The lowest BCUT2D eigenvalue weighted by Crippen LogP contribution is -2.04. The molecule has 1 aromatic carbocycles. The minimum Gasteiger partial charge on any atom is -0.330 e. The molecule has 15 heavy (non-hydrogen) atoms. The lowest BCUT2D eigenvalue weighted by Gasteiger charge is -2.11. The molecule has 1 nitrogen and oxygen atoms in total. The highest BCUT2D eigenvalue weighted by atomic mass is 35.5. The number of hydrogen-bond acceptors (Lipinski definition) is 1. The van der Waals surface area contributed by atoms with Crippen molar-refractivity contribution >= 4 is 70.4 Å². The Morgan fingerprint density at radius 3 is 1.40 bits per heavy atom. The van der Waals surface area contributed by atoms with E-state index in [2.05, 4.69) is 0 Å². The van der Waals surface area contributed by atoms with Gasteiger partial charge in [0.2, 0.25) is 0 Å². The largest absolute Gasteiger partial charge is 0.330 e. The molecule has 0 spiro atoms. The van der Waals surface area contributed by atoms with Crippen molar-refractivity contribution < 1.29 is 0 Å². The van der Waals surface area contributed by atoms with Crippen molar-refractivity contribution in [1.29, 1.82) is 0 Å². The summed E-state index contributed by atoms with van der Waals surface area (Å²) in [7, 11) is 0. The Morgan fingerprint density at radius 2 is 1.07 bits per heavy atom. The van der Waals surface area contributed by atoms with Gasteiger partial charge in [0.25, 0.3) is 0 Å². The summed E-state index contributed by atoms with van der Waals surface area (Å²) in [5, 5.41) is 1.23. The van der Waals surface area contributed by atoms with Gasteiger partial charge < -0.3 is 5.73 Å². The topological polar surface area (TPSA) is 26.0 Å². The molecule has 1 rings (SSSR count). The van der Waals surface area contributed by atoms with Crippen molar-refractivity contribution in [2.45, 2.75) is 6.42 Å². The van der Waals surface area contributed by atoms with Crippen LogP contribution in [-0.2, 0) is 6.42 Å². The van der Waals surface area contributed by atoms with Gasteiger partial charge in [0, 0.05) is 0 Å². The molecule has 0 aliphatic heterocycles. The molecule has 0 atom stereocenters. The third-order valence-electron chi connectivity index (χ3n) is 1.70. The fourth-order valence-electron chi connectivity index (χ4n) is 1.01. The summed E-state index contributed by atoms with van der Waals surface area (Å²) in [6.07, 6.45) is 0.508. The molecule has 0 aliphatic carbocycles. The van der Waals surface area contributed by atoms with Crippen LogP contribution in [0.1, 0.15) is 5.56 Å². The summed E-state index contributed by atoms with van der Waals surface area (Å²) < 4.78 is 0. The van der Waals surface area contributed by atoms with E-state index in [1.54, 1.807) is 0 Å². The van der Waals surface area contributed by atoms with Gasteiger partial charge in [-0.15, -0.1) is 12.4 Å². The number of halogens is 6. The van der Waals surface area contributed by atoms with Crippen LogP contribution in [0.4, 0.5) is 0 Å². The van der Waals surface area contributed by atoms with Crippen LogP contribution in [0.5, 0.6) is 0 Å². The van der Waals surface area contributed by atoms with Crippen molar-refractivity contribution in [3.05, 3.63) is 30.7 Å². The second-order valence-electron chi connectivity index (χ2n) is 2.59. The standard InChI is InChI=1S/C8H6Cl5N.ClH/c9-4-3(1-2-14)5(10)7(12)8(13)6(4)11;/h1-2,14H2;1H. The summed E-state index contributed by atoms with van der Waals surface area (Å²) in [4.78, 5) is 0. The van der Waals surface area contributed by atoms with Crippen LogP contribution in [0.25, 0.3) is 0 Å². The van der Waals surface area contributed by atoms with Gasteiger partial charge in [0.15, 0.2) is 0 Å². The molecule has 0 heterocycles. The Labute approximate surface area is 119 Å². The van der Waals surface area contributed by atoms with Crippen LogP contribution in [0.2, 0.25) is 25.1 Å². The first-order valence-electron chi connectivity index (χ1n) is 3.71. The van der Waals surface area contributed by atoms with Gasteiger partial charge in [-0.1, -0.05) is 58.0 Å². The fourth-order valence-corrected chi connectivity index (χ4v) is 2.38. The zero-order valence-electron chi connectivity index (χ0n) is 7.29. The average Bonchev–Trinajstić information content (AvgIpc) is 2.19. The van der Waals surface area contributed by atoms with Gasteiger partial charge in [0.05, 0.1) is 25.1 Å². The Hall–Kier alpha value is 0.920. The molecular formula is C8H7Cl6N. The maximum atomic E-state index is 5.94. The zero-order valence-corrected chi connectivity index (χ0v) is 11.9. The van der Waals surface area contributed by atoms with Gasteiger partial charge in [-0.25, -0.2) is 0 Å². The molecule has 0 aromatic heterocycles. The molecule has 0 radical (unpaired) electrons. The Balaban J connectivity index is 0.00000196. The number of rotatable bonds is 2. The average molecular weight is 330 g/mol. The molecule has 0 saturated carbocycles. The van der Waals surface area contributed by atoms with Crippen molar-refractivity contribution in [2.75, 3.05) is 6.54 Å². The van der Waals surface area contributed by atoms with E-state index in [1.165, 1.54) is 0 Å². The normalized spacial score (nSPS) is 10.0. The maximum Gasteiger partial charge on any atom is 0.0809 e. The molecule has 0 aliphatic rings. The van der Waals surface area contributed by atoms with E-state index in [0.717, 1.165) is 0 Å². The number of nitrogens with two attached hydrogens (primary N) is 1. The van der Waals surface area contributed by atoms with Crippen LogP contribution in [0, 0.1) is 0 Å². The van der Waals surface area contributed by atoms with Crippen molar-refractivity contribution in [1.82, 2.24) is 0 Å². The molecule has 0 unspecified atom stereocenters. The van der Waals surface area contributed by atoms with E-state index in [9.17, 15) is 0 Å². The van der Waals surface area contributed by atoms with E-state index in [1.807, 2.05) is 0 Å². The third kappa shape index (κ3) is 3.19. The van der Waals surface area contributed by atoms with Gasteiger partial charge >= 0.3 is 0 Å². The summed E-state index contributed by atoms with van der Waals surface area (Å²) in [5.41, 5.74) is 6.03. The number of benzene rings is 1. The smallest absolute Gasteiger partial charge is 0.0809 e. The Bertz CT molecular complexity index is 336. The Morgan fingerprint density at radius 1 is 0.733 bits per heavy atom. The summed E-state index contributed by atoms with van der Waals surface area (Å²) >= 11 is 29.4. The lowest BCUT2D eigenvalue weighted by molar-refractivity contribution is 0.969.